The molecule has 0 fully saturated rings. The molecule has 0 saturated carbocycles. The van der Waals surface area contributed by atoms with Crippen LogP contribution in [0.3, 0.4) is 0 Å². The van der Waals surface area contributed by atoms with Gasteiger partial charge in [-0.05, 0) is 156 Å². The molecule has 7 aromatic heterocycles. The van der Waals surface area contributed by atoms with Crippen LogP contribution < -0.4 is 35.0 Å². The molecule has 0 radical (unpaired) electrons. The molecular weight excluding hydrogens is 1850 g/mol. The van der Waals surface area contributed by atoms with E-state index in [0.29, 0.717) is 35.7 Å². The molecule has 124 heavy (non-hydrogen) atoms. The van der Waals surface area contributed by atoms with E-state index in [1.807, 2.05) is 32.4 Å². The predicted octanol–water partition coefficient (Wildman–Crippen LogP) is 17.7. The summed E-state index contributed by atoms with van der Waals surface area (Å²) in [5.41, 5.74) is -3.13. The fourth-order valence-corrected chi connectivity index (χ4v) is 13.9. The van der Waals surface area contributed by atoms with Gasteiger partial charge in [-0.3, -0.25) is 38.7 Å². The number of alkyl halides is 9. The quantitative estimate of drug-likeness (QED) is 0.0310. The lowest BCUT2D eigenvalue weighted by Crippen LogP contribution is -2.33. The number of carbonyl (C=O) groups is 6. The van der Waals surface area contributed by atoms with Crippen LogP contribution in [0.5, 0.6) is 0 Å². The van der Waals surface area contributed by atoms with E-state index < -0.39 is 171 Å². The number of nitrogens with two attached hydrogens (primary N) is 1. The third-order valence-corrected chi connectivity index (χ3v) is 20.3. The molecule has 0 unspecified atom stereocenters. The number of hydrogen-bond acceptors (Lipinski definition) is 24. The summed E-state index contributed by atoms with van der Waals surface area (Å²) in [4.78, 5) is 84.1. The summed E-state index contributed by atoms with van der Waals surface area (Å²) in [6, 6.07) is 15.4. The topological polar surface area (TPSA) is 454 Å². The molecular formula is C72H73Cl6F9N18O16S3. The van der Waals surface area contributed by atoms with E-state index in [-0.39, 0.29) is 45.4 Å². The van der Waals surface area contributed by atoms with Crippen molar-refractivity contribution in [2.24, 2.45) is 0 Å². The fraction of sp³-hybridized carbons (Fsp3) is 0.292. The number of aromatic amines is 1. The molecule has 34 nitrogen and oxygen atoms in total. The second-order valence-corrected chi connectivity index (χ2v) is 35.2. The average Bonchev–Trinajstić information content (AvgIpc) is 0.823. The summed E-state index contributed by atoms with van der Waals surface area (Å²) < 4.78 is 219. The van der Waals surface area contributed by atoms with Crippen molar-refractivity contribution in [3.63, 3.8) is 0 Å². The first-order chi connectivity index (χ1) is 57.1. The summed E-state index contributed by atoms with van der Waals surface area (Å²) in [7, 11) is -13.8. The molecule has 7 heterocycles. The maximum Gasteiger partial charge on any atom is 0.435 e. The van der Waals surface area contributed by atoms with Gasteiger partial charge in [-0.2, -0.15) is 58.7 Å². The van der Waals surface area contributed by atoms with Crippen molar-refractivity contribution in [1.29, 1.82) is 0 Å². The zero-order valence-electron chi connectivity index (χ0n) is 66.3. The Hall–Kier alpha value is -11.3. The Labute approximate surface area is 730 Å². The molecule has 670 valence electrons. The Morgan fingerprint density at radius 3 is 1.13 bits per heavy atom. The number of carbonyl (C=O) groups excluding carboxylic acids is 5. The zero-order chi connectivity index (χ0) is 93.5. The van der Waals surface area contributed by atoms with Crippen molar-refractivity contribution in [3.8, 4) is 0 Å². The normalized spacial score (nSPS) is 11.9. The molecule has 0 aliphatic heterocycles. The Bertz CT molecular complexity index is 5910. The Morgan fingerprint density at radius 1 is 0.468 bits per heavy atom. The summed E-state index contributed by atoms with van der Waals surface area (Å²) in [5, 5.41) is 28.0. The number of aromatic nitrogens is 11. The van der Waals surface area contributed by atoms with Gasteiger partial charge in [0.1, 0.15) is 34.3 Å². The molecule has 0 aliphatic carbocycles. The lowest BCUT2D eigenvalue weighted by atomic mass is 10.2. The highest BCUT2D eigenvalue weighted by atomic mass is 35.5. The minimum absolute atomic E-state index is 0.00377. The highest BCUT2D eigenvalue weighted by Gasteiger charge is 2.39. The number of anilines is 7. The lowest BCUT2D eigenvalue weighted by Gasteiger charge is -2.20. The van der Waals surface area contributed by atoms with Crippen molar-refractivity contribution >= 4 is 176 Å². The standard InChI is InChI=1S/C23H22Cl2F3N5O5S.C18H14Cl2F3N5O3S.C13H7Cl2F3N2O4S.C10H17N3O2.C8H13N3O2/c1-5-32(18-8-9-33(30-18)21(35)38-22(2,3)4)20(34)19-17(10-13(24)12-29-19)31-39(36,37)14-6-7-16(25)15(11-14)23(26,27)28;1-2-28(15-5-6-25-26-15)17(29)16-14(7-10(19)9-24-16)27-32(30,31)11-3-4-13(20)12(8-11)18(21,22)23;14-6-3-10(11(12(21)22)19-5-6)20-25(23,24)7-1-2-9(15)8(4-7)13(16,17)18;1-5-11-8-6-7-13(12-8)9(14)15-10(2,3)4;1-8(2,3)13-7(12)11-5-4-6(9)10-11/h6-12,31H,5H2,1-4H3;3-9,27H,2H2,1H3,(H,25,26);1-5,20H,(H,21,22);6-7H,5H2,1-4H3,(H,11,12);4-5H,1-3H3,(H2,9,10). The number of rotatable bonds is 18. The van der Waals surface area contributed by atoms with Gasteiger partial charge in [-0.15, -0.1) is 15.3 Å². The van der Waals surface area contributed by atoms with Gasteiger partial charge in [0.15, 0.2) is 22.9 Å². The highest BCUT2D eigenvalue weighted by Crippen LogP contribution is 2.40. The number of halogens is 15. The number of carboxylic acid groups (broad SMARTS) is 1. The first-order valence-corrected chi connectivity index (χ1v) is 41.7. The van der Waals surface area contributed by atoms with Gasteiger partial charge in [0.25, 0.3) is 41.9 Å². The molecule has 0 bridgehead atoms. The van der Waals surface area contributed by atoms with Crippen LogP contribution in [0, 0.1) is 0 Å². The molecule has 2 amide bonds. The summed E-state index contributed by atoms with van der Waals surface area (Å²) in [6.07, 6.45) is -7.50. The third-order valence-electron chi connectivity index (χ3n) is 14.6. The van der Waals surface area contributed by atoms with Crippen LogP contribution in [-0.2, 0) is 62.8 Å². The monoisotopic (exact) mass is 1920 g/mol. The van der Waals surface area contributed by atoms with E-state index in [4.69, 9.17) is 94.7 Å². The molecule has 0 saturated heterocycles. The number of sulfonamides is 3. The largest absolute Gasteiger partial charge is 0.476 e. The van der Waals surface area contributed by atoms with Crippen molar-refractivity contribution in [3.05, 3.63) is 204 Å². The Kier molecular flexibility index (Phi) is 33.6. The van der Waals surface area contributed by atoms with Gasteiger partial charge >= 0.3 is 42.8 Å². The van der Waals surface area contributed by atoms with E-state index in [1.165, 1.54) is 46.4 Å². The molecule has 3 aromatic carbocycles. The number of nitrogens with zero attached hydrogens (tertiary/aromatic N) is 12. The molecule has 10 aromatic rings. The SMILES string of the molecule is CC(C)(C)OC(=O)n1ccc(N)n1.CCN(C(=O)c1ncc(Cl)cc1NS(=O)(=O)c1ccc(Cl)c(C(F)(F)F)c1)c1ccn(C(=O)OC(C)(C)C)n1.CCN(C(=O)c1ncc(Cl)cc1NS(=O)(=O)c1ccc(Cl)c(C(F)(F)F)c1)c1ccn[nH]1.CCNc1ccn(C(=O)OC(C)(C)C)n1.O=C(O)c1ncc(Cl)cc1NS(=O)(=O)c1ccc(Cl)c(C(F)(F)F)c1. The minimum Gasteiger partial charge on any atom is -0.476 e. The Morgan fingerprint density at radius 2 is 0.806 bits per heavy atom. The number of amides is 2. The molecule has 10 rings (SSSR count). The number of ether oxygens (including phenoxy) is 3. The number of hydrogen-bond donors (Lipinski definition) is 7. The van der Waals surface area contributed by atoms with Gasteiger partial charge in [0, 0.05) is 81.1 Å². The van der Waals surface area contributed by atoms with Crippen LogP contribution in [0.2, 0.25) is 30.1 Å². The van der Waals surface area contributed by atoms with E-state index in [1.54, 1.807) is 67.7 Å². The van der Waals surface area contributed by atoms with E-state index >= 15 is 0 Å². The second-order valence-electron chi connectivity index (χ2n) is 27.7. The summed E-state index contributed by atoms with van der Waals surface area (Å²) >= 11 is 34.1. The highest BCUT2D eigenvalue weighted by molar-refractivity contribution is 7.93. The first-order valence-electron chi connectivity index (χ1n) is 35.0. The summed E-state index contributed by atoms with van der Waals surface area (Å²) in [5.74, 6) is -1.77. The van der Waals surface area contributed by atoms with Crippen LogP contribution in [-0.4, -0.2) is 157 Å². The smallest absolute Gasteiger partial charge is 0.435 e. The average molecular weight is 1930 g/mol. The fourth-order valence-electron chi connectivity index (χ4n) is 9.45. The van der Waals surface area contributed by atoms with Gasteiger partial charge in [0.2, 0.25) is 0 Å². The van der Waals surface area contributed by atoms with Crippen molar-refractivity contribution in [2.75, 3.05) is 54.7 Å². The van der Waals surface area contributed by atoms with Crippen LogP contribution in [0.25, 0.3) is 0 Å². The Balaban J connectivity index is 0.000000252. The third kappa shape index (κ3) is 29.2. The molecule has 0 atom stereocenters. The number of aromatic carboxylic acids is 1. The minimum atomic E-state index is -4.91. The number of nitrogens with one attached hydrogen (secondary N) is 5. The van der Waals surface area contributed by atoms with Crippen LogP contribution in [0.4, 0.5) is 94.2 Å². The predicted molar refractivity (Wildman–Crippen MR) is 440 cm³/mol. The van der Waals surface area contributed by atoms with Gasteiger partial charge in [0.05, 0.1) is 84.8 Å². The van der Waals surface area contributed by atoms with Gasteiger partial charge in [-0.1, -0.05) is 69.6 Å². The lowest BCUT2D eigenvalue weighted by molar-refractivity contribution is -0.138. The maximum absolute atomic E-state index is 13.4. The van der Waals surface area contributed by atoms with E-state index in [9.17, 15) is 93.5 Å². The second kappa shape index (κ2) is 41.0. The number of carboxylic acids is 1. The number of pyridine rings is 3. The first kappa shape index (κ1) is 102. The maximum atomic E-state index is 13.4. The van der Waals surface area contributed by atoms with Crippen molar-refractivity contribution < 1.29 is 113 Å². The number of benzene rings is 3. The molecule has 52 heteroatoms. The van der Waals surface area contributed by atoms with Crippen LogP contribution in [0.15, 0.2) is 155 Å². The zero-order valence-corrected chi connectivity index (χ0v) is 73.3. The van der Waals surface area contributed by atoms with Crippen molar-refractivity contribution in [1.82, 2.24) is 54.5 Å². The summed E-state index contributed by atoms with van der Waals surface area (Å²) in [6.45, 7) is 22.0. The molecule has 8 N–H and O–H groups in total. The van der Waals surface area contributed by atoms with Crippen LogP contribution in [0.1, 0.15) is 131 Å². The number of H-pyrrole nitrogens is 1. The van der Waals surface area contributed by atoms with E-state index in [2.05, 4.69) is 55.2 Å². The van der Waals surface area contributed by atoms with Crippen LogP contribution >= 0.6 is 69.6 Å². The van der Waals surface area contributed by atoms with Gasteiger partial charge < -0.3 is 30.4 Å². The number of nitrogen functional groups attached to an aromatic ring is 1. The van der Waals surface area contributed by atoms with Gasteiger partial charge in [-0.25, -0.2) is 59.4 Å². The van der Waals surface area contributed by atoms with E-state index in [0.717, 1.165) is 94.0 Å². The molecule has 0 aliphatic rings. The molecule has 0 spiro atoms. The van der Waals surface area contributed by atoms with Crippen molar-refractivity contribution in [2.45, 2.75) is 133 Å².